The van der Waals surface area contributed by atoms with Crippen molar-refractivity contribution in [1.29, 1.82) is 0 Å². The van der Waals surface area contributed by atoms with Crippen LogP contribution in [0.3, 0.4) is 0 Å². The highest BCUT2D eigenvalue weighted by atomic mass is 16.6. The number of carbonyl (C=O) groups excluding carboxylic acids is 1. The largest absolute Gasteiger partial charge is 0.461 e. The first-order chi connectivity index (χ1) is 15.3. The highest BCUT2D eigenvalue weighted by Crippen LogP contribution is 2.56. The van der Waals surface area contributed by atoms with Gasteiger partial charge in [-0.25, -0.2) is 0 Å². The number of ether oxygens (including phenoxy) is 1. The zero-order valence-electron chi connectivity index (χ0n) is 20.0. The maximum atomic E-state index is 12.9. The number of aliphatic hydroxyl groups is 1. The van der Waals surface area contributed by atoms with Crippen LogP contribution in [0.2, 0.25) is 0 Å². The minimum absolute atomic E-state index is 0.0951. The number of hydrogen-bond donors (Lipinski definition) is 1. The second-order valence-corrected chi connectivity index (χ2v) is 10.9. The summed E-state index contributed by atoms with van der Waals surface area (Å²) in [5, 5.41) is 11.6. The number of aryl methyl sites for hydroxylation is 2. The molecular formula is C27H38N2O3. The second-order valence-electron chi connectivity index (χ2n) is 10.9. The molecular weight excluding hydrogens is 400 g/mol. The molecule has 2 saturated heterocycles. The molecule has 0 radical (unpaired) electrons. The monoisotopic (exact) mass is 438 g/mol. The van der Waals surface area contributed by atoms with Crippen LogP contribution in [0.5, 0.6) is 0 Å². The predicted molar refractivity (Wildman–Crippen MR) is 127 cm³/mol. The zero-order valence-corrected chi connectivity index (χ0v) is 20.0. The summed E-state index contributed by atoms with van der Waals surface area (Å²) in [6.45, 7) is 13.3. The number of fused-ring (bicyclic) bond motifs is 2. The Morgan fingerprint density at radius 3 is 2.69 bits per heavy atom. The average Bonchev–Trinajstić information content (AvgIpc) is 3.08. The highest BCUT2D eigenvalue weighted by Gasteiger charge is 2.59. The third-order valence-electron chi connectivity index (χ3n) is 9.10. The molecule has 5 heteroatoms. The van der Waals surface area contributed by atoms with E-state index in [9.17, 15) is 9.90 Å². The summed E-state index contributed by atoms with van der Waals surface area (Å²) in [7, 11) is 0. The summed E-state index contributed by atoms with van der Waals surface area (Å²) in [5.41, 5.74) is 5.01. The van der Waals surface area contributed by atoms with Crippen molar-refractivity contribution in [3.63, 3.8) is 0 Å². The van der Waals surface area contributed by atoms with Gasteiger partial charge in [-0.15, -0.1) is 0 Å². The first-order valence-electron chi connectivity index (χ1n) is 12.4. The van der Waals surface area contributed by atoms with Crippen LogP contribution in [0.1, 0.15) is 44.2 Å². The van der Waals surface area contributed by atoms with Crippen molar-refractivity contribution >= 4 is 11.7 Å². The molecule has 0 unspecified atom stereocenters. The molecule has 32 heavy (non-hydrogen) atoms. The summed E-state index contributed by atoms with van der Waals surface area (Å²) in [6.07, 6.45) is 4.59. The Morgan fingerprint density at radius 2 is 1.94 bits per heavy atom. The van der Waals surface area contributed by atoms with E-state index in [2.05, 4.69) is 61.8 Å². The Morgan fingerprint density at radius 1 is 1.19 bits per heavy atom. The molecule has 4 aliphatic rings. The number of allylic oxidation sites excluding steroid dienone is 1. The molecule has 2 aliphatic carbocycles. The van der Waals surface area contributed by atoms with Gasteiger partial charge >= 0.3 is 5.97 Å². The van der Waals surface area contributed by atoms with Crippen molar-refractivity contribution in [2.24, 2.45) is 23.2 Å². The average molecular weight is 439 g/mol. The van der Waals surface area contributed by atoms with Crippen LogP contribution >= 0.6 is 0 Å². The Hall–Kier alpha value is -1.85. The molecule has 1 saturated carbocycles. The molecule has 0 spiro atoms. The number of esters is 1. The molecule has 1 aromatic rings. The lowest BCUT2D eigenvalue weighted by Crippen LogP contribution is -2.55. The van der Waals surface area contributed by atoms with Crippen LogP contribution in [0.4, 0.5) is 5.69 Å². The Labute approximate surface area is 192 Å². The maximum Gasteiger partial charge on any atom is 0.311 e. The number of nitrogens with zero attached hydrogens (tertiary/aromatic N) is 2. The summed E-state index contributed by atoms with van der Waals surface area (Å²) in [4.78, 5) is 17.8. The van der Waals surface area contributed by atoms with E-state index < -0.39 is 6.10 Å². The number of piperazine rings is 1. The fourth-order valence-corrected chi connectivity index (χ4v) is 6.78. The fraction of sp³-hybridized carbons (Fsp3) is 0.667. The summed E-state index contributed by atoms with van der Waals surface area (Å²) in [5.74, 6) is -0.000529. The SMILES string of the molecule is Cc1ccc(C)c(N2CCN(C[C@H]3C(=O)O[C@@H]4CC5=CCC[C@H](C)[C@@]5(C)[C@H](O)[C@H]43)CC2)c1. The van der Waals surface area contributed by atoms with E-state index in [4.69, 9.17) is 4.74 Å². The molecule has 2 aliphatic heterocycles. The number of carbonyl (C=O) groups is 1. The lowest BCUT2D eigenvalue weighted by molar-refractivity contribution is -0.145. The highest BCUT2D eigenvalue weighted by molar-refractivity contribution is 5.76. The lowest BCUT2D eigenvalue weighted by atomic mass is 9.55. The molecule has 3 fully saturated rings. The number of aliphatic hydroxyl groups excluding tert-OH is 1. The molecule has 5 nitrogen and oxygen atoms in total. The first-order valence-corrected chi connectivity index (χ1v) is 12.4. The minimum atomic E-state index is -0.518. The van der Waals surface area contributed by atoms with E-state index >= 15 is 0 Å². The van der Waals surface area contributed by atoms with Crippen molar-refractivity contribution in [2.45, 2.75) is 59.2 Å². The molecule has 174 valence electrons. The third-order valence-corrected chi connectivity index (χ3v) is 9.10. The van der Waals surface area contributed by atoms with E-state index in [1.54, 1.807) is 0 Å². The van der Waals surface area contributed by atoms with Crippen LogP contribution < -0.4 is 4.90 Å². The van der Waals surface area contributed by atoms with Gasteiger partial charge in [0.05, 0.1) is 12.0 Å². The van der Waals surface area contributed by atoms with Crippen molar-refractivity contribution in [3.05, 3.63) is 41.0 Å². The predicted octanol–water partition coefficient (Wildman–Crippen LogP) is 3.71. The topological polar surface area (TPSA) is 53.0 Å². The molecule has 1 N–H and O–H groups in total. The van der Waals surface area contributed by atoms with Gasteiger partial charge in [0.1, 0.15) is 6.10 Å². The van der Waals surface area contributed by atoms with E-state index in [1.165, 1.54) is 22.4 Å². The Bertz CT molecular complexity index is 919. The van der Waals surface area contributed by atoms with E-state index in [1.807, 2.05) is 0 Å². The fourth-order valence-electron chi connectivity index (χ4n) is 6.78. The number of anilines is 1. The first kappa shape index (κ1) is 22.0. The van der Waals surface area contributed by atoms with Crippen molar-refractivity contribution in [2.75, 3.05) is 37.6 Å². The van der Waals surface area contributed by atoms with Gasteiger partial charge in [0.2, 0.25) is 0 Å². The quantitative estimate of drug-likeness (QED) is 0.576. The van der Waals surface area contributed by atoms with Crippen molar-refractivity contribution in [1.82, 2.24) is 4.90 Å². The molecule has 2 heterocycles. The second kappa shape index (κ2) is 8.18. The van der Waals surface area contributed by atoms with Crippen molar-refractivity contribution < 1.29 is 14.6 Å². The van der Waals surface area contributed by atoms with Crippen LogP contribution in [-0.4, -0.2) is 60.9 Å². The maximum absolute atomic E-state index is 12.9. The molecule has 6 atom stereocenters. The van der Waals surface area contributed by atoms with E-state index in [-0.39, 0.29) is 29.3 Å². The van der Waals surface area contributed by atoms with Gasteiger partial charge in [0.15, 0.2) is 0 Å². The van der Waals surface area contributed by atoms with Gasteiger partial charge in [-0.05, 0) is 49.8 Å². The number of hydrogen-bond acceptors (Lipinski definition) is 5. The van der Waals surface area contributed by atoms with Crippen LogP contribution in [0.15, 0.2) is 29.8 Å². The molecule has 0 aromatic heterocycles. The summed E-state index contributed by atoms with van der Waals surface area (Å²) in [6, 6.07) is 6.64. The summed E-state index contributed by atoms with van der Waals surface area (Å²) >= 11 is 0. The number of rotatable bonds is 3. The normalized spacial score (nSPS) is 37.5. The van der Waals surface area contributed by atoms with Gasteiger partial charge in [-0.2, -0.15) is 0 Å². The molecule has 5 rings (SSSR count). The Balaban J connectivity index is 1.28. The standard InChI is InChI=1S/C27H38N2O3/c1-17-8-9-18(2)22(14-17)29-12-10-28(11-13-29)16-21-24-23(32-26(21)31)15-20-7-5-6-19(3)27(20,4)25(24)30/h7-9,14,19,21,23-25,30H,5-6,10-13,15-16H2,1-4H3/t19-,21+,23+,24-,25+,27+/m0/s1. The van der Waals surface area contributed by atoms with Gasteiger partial charge in [0, 0.05) is 56.2 Å². The van der Waals surface area contributed by atoms with Crippen LogP contribution in [-0.2, 0) is 9.53 Å². The van der Waals surface area contributed by atoms with Crippen molar-refractivity contribution in [3.8, 4) is 0 Å². The van der Waals surface area contributed by atoms with Gasteiger partial charge in [-0.1, -0.05) is 37.6 Å². The van der Waals surface area contributed by atoms with E-state index in [0.29, 0.717) is 12.5 Å². The molecule has 0 bridgehead atoms. The van der Waals surface area contributed by atoms with E-state index in [0.717, 1.165) is 45.4 Å². The van der Waals surface area contributed by atoms with Gasteiger partial charge in [0.25, 0.3) is 0 Å². The minimum Gasteiger partial charge on any atom is -0.461 e. The van der Waals surface area contributed by atoms with Gasteiger partial charge in [-0.3, -0.25) is 9.69 Å². The molecule has 0 amide bonds. The van der Waals surface area contributed by atoms with Gasteiger partial charge < -0.3 is 14.7 Å². The third kappa shape index (κ3) is 3.49. The smallest absolute Gasteiger partial charge is 0.311 e. The molecule has 1 aromatic carbocycles. The zero-order chi connectivity index (χ0) is 22.6. The summed E-state index contributed by atoms with van der Waals surface area (Å²) < 4.78 is 5.86. The Kier molecular flexibility index (Phi) is 5.61. The van der Waals surface area contributed by atoms with Crippen LogP contribution in [0.25, 0.3) is 0 Å². The number of benzene rings is 1. The van der Waals surface area contributed by atoms with Crippen LogP contribution in [0, 0.1) is 37.0 Å². The lowest BCUT2D eigenvalue weighted by Gasteiger charge is -2.52.